The van der Waals surface area contributed by atoms with Crippen LogP contribution in [0.5, 0.6) is 0 Å². The summed E-state index contributed by atoms with van der Waals surface area (Å²) in [5.41, 5.74) is 1.91. The molecule has 1 amide bonds. The van der Waals surface area contributed by atoms with Gasteiger partial charge in [-0.3, -0.25) is 10.1 Å². The van der Waals surface area contributed by atoms with Gasteiger partial charge in [0.2, 0.25) is 11.0 Å². The van der Waals surface area contributed by atoms with E-state index >= 15 is 0 Å². The minimum atomic E-state index is -0.255. The summed E-state index contributed by atoms with van der Waals surface area (Å²) in [6.07, 6.45) is 3.17. The molecule has 0 saturated heterocycles. The number of carbonyl (C=O) groups is 1. The quantitative estimate of drug-likeness (QED) is 0.543. The fourth-order valence-electron chi connectivity index (χ4n) is 2.23. The molecule has 2 aromatic carbocycles. The van der Waals surface area contributed by atoms with E-state index in [9.17, 15) is 4.79 Å². The van der Waals surface area contributed by atoms with Crippen LogP contribution >= 0.6 is 22.7 Å². The second-order valence-electron chi connectivity index (χ2n) is 5.12. The van der Waals surface area contributed by atoms with Crippen LogP contribution in [-0.2, 0) is 4.79 Å². The standard InChI is InChI=1S/C18H12N4OS2/c23-15(10-11-16-19-13-8-4-5-9-14(13)24-16)20-18-22-21-17(25-18)12-6-2-1-3-7-12/h1-11H,(H,20,22,23)/b11-10+. The molecule has 0 radical (unpaired) electrons. The molecule has 2 aromatic heterocycles. The van der Waals surface area contributed by atoms with Gasteiger partial charge < -0.3 is 0 Å². The Labute approximate surface area is 151 Å². The van der Waals surface area contributed by atoms with Crippen LogP contribution in [0.25, 0.3) is 26.9 Å². The Morgan fingerprint density at radius 2 is 1.76 bits per heavy atom. The van der Waals surface area contributed by atoms with Gasteiger partial charge in [-0.25, -0.2) is 4.98 Å². The lowest BCUT2D eigenvalue weighted by Crippen LogP contribution is -2.07. The van der Waals surface area contributed by atoms with Crippen LogP contribution in [0.3, 0.4) is 0 Å². The zero-order valence-corrected chi connectivity index (χ0v) is 14.6. The molecule has 4 rings (SSSR count). The Balaban J connectivity index is 1.44. The van der Waals surface area contributed by atoms with E-state index in [4.69, 9.17) is 0 Å². The van der Waals surface area contributed by atoms with Gasteiger partial charge in [0.15, 0.2) is 0 Å². The van der Waals surface area contributed by atoms with Crippen molar-refractivity contribution in [3.63, 3.8) is 0 Å². The highest BCUT2D eigenvalue weighted by atomic mass is 32.1. The van der Waals surface area contributed by atoms with E-state index < -0.39 is 0 Å². The summed E-state index contributed by atoms with van der Waals surface area (Å²) in [4.78, 5) is 16.5. The van der Waals surface area contributed by atoms with Crippen molar-refractivity contribution in [2.75, 3.05) is 5.32 Å². The fraction of sp³-hybridized carbons (Fsp3) is 0. The average Bonchev–Trinajstić information content (AvgIpc) is 3.27. The first-order valence-corrected chi connectivity index (χ1v) is 9.15. The van der Waals surface area contributed by atoms with Crippen LogP contribution in [-0.4, -0.2) is 21.1 Å². The van der Waals surface area contributed by atoms with Gasteiger partial charge in [0.25, 0.3) is 0 Å². The summed E-state index contributed by atoms with van der Waals surface area (Å²) in [5.74, 6) is -0.255. The van der Waals surface area contributed by atoms with Crippen molar-refractivity contribution in [3.8, 4) is 10.6 Å². The lowest BCUT2D eigenvalue weighted by atomic mass is 10.2. The summed E-state index contributed by atoms with van der Waals surface area (Å²) < 4.78 is 1.10. The molecule has 0 aliphatic heterocycles. The van der Waals surface area contributed by atoms with Crippen LogP contribution in [0.2, 0.25) is 0 Å². The maximum atomic E-state index is 12.1. The molecule has 7 heteroatoms. The third-order valence-corrected chi connectivity index (χ3v) is 5.25. The Morgan fingerprint density at radius 1 is 0.960 bits per heavy atom. The third-order valence-electron chi connectivity index (χ3n) is 3.36. The third kappa shape index (κ3) is 3.62. The Morgan fingerprint density at radius 3 is 2.60 bits per heavy atom. The first-order chi connectivity index (χ1) is 12.3. The number of anilines is 1. The van der Waals surface area contributed by atoms with Crippen molar-refractivity contribution in [1.82, 2.24) is 15.2 Å². The number of fused-ring (bicyclic) bond motifs is 1. The highest BCUT2D eigenvalue weighted by Crippen LogP contribution is 2.26. The van der Waals surface area contributed by atoms with Gasteiger partial charge in [0.05, 0.1) is 10.2 Å². The van der Waals surface area contributed by atoms with Crippen LogP contribution in [0.1, 0.15) is 5.01 Å². The maximum absolute atomic E-state index is 12.1. The molecule has 0 spiro atoms. The number of nitrogens with one attached hydrogen (secondary N) is 1. The number of carbonyl (C=O) groups excluding carboxylic acids is 1. The molecular formula is C18H12N4OS2. The number of aromatic nitrogens is 3. The molecule has 0 fully saturated rings. The second kappa shape index (κ2) is 6.92. The number of amides is 1. The number of hydrogen-bond donors (Lipinski definition) is 1. The van der Waals surface area contributed by atoms with Gasteiger partial charge in [-0.2, -0.15) is 0 Å². The number of hydrogen-bond acceptors (Lipinski definition) is 6. The van der Waals surface area contributed by atoms with Crippen molar-refractivity contribution >= 4 is 50.0 Å². The summed E-state index contributed by atoms with van der Waals surface area (Å²) in [6.45, 7) is 0. The van der Waals surface area contributed by atoms with E-state index in [1.54, 1.807) is 17.4 Å². The minimum Gasteiger partial charge on any atom is -0.297 e. The molecule has 25 heavy (non-hydrogen) atoms. The van der Waals surface area contributed by atoms with Crippen molar-refractivity contribution in [2.24, 2.45) is 0 Å². The van der Waals surface area contributed by atoms with E-state index in [1.165, 1.54) is 17.4 Å². The second-order valence-corrected chi connectivity index (χ2v) is 7.16. The molecule has 0 saturated carbocycles. The Hall–Kier alpha value is -2.90. The lowest BCUT2D eigenvalue weighted by molar-refractivity contribution is -0.111. The molecule has 0 aliphatic carbocycles. The number of thiazole rings is 1. The molecule has 0 bridgehead atoms. The average molecular weight is 364 g/mol. The van der Waals surface area contributed by atoms with Crippen LogP contribution < -0.4 is 5.32 Å². The van der Waals surface area contributed by atoms with Crippen molar-refractivity contribution in [3.05, 3.63) is 65.7 Å². The topological polar surface area (TPSA) is 67.8 Å². The fourth-order valence-corrected chi connectivity index (χ4v) is 3.85. The predicted octanol–water partition coefficient (Wildman–Crippen LogP) is 4.47. The highest BCUT2D eigenvalue weighted by Gasteiger charge is 2.08. The SMILES string of the molecule is O=C(/C=C/c1nc2ccccc2s1)Nc1nnc(-c2ccccc2)s1. The van der Waals surface area contributed by atoms with E-state index in [1.807, 2.05) is 54.6 Å². The monoisotopic (exact) mass is 364 g/mol. The molecule has 2 heterocycles. The molecule has 5 nitrogen and oxygen atoms in total. The molecule has 4 aromatic rings. The smallest absolute Gasteiger partial charge is 0.250 e. The van der Waals surface area contributed by atoms with Gasteiger partial charge in [-0.15, -0.1) is 21.5 Å². The highest BCUT2D eigenvalue weighted by molar-refractivity contribution is 7.19. The first kappa shape index (κ1) is 15.6. The van der Waals surface area contributed by atoms with Crippen LogP contribution in [0.15, 0.2) is 60.7 Å². The normalized spacial score (nSPS) is 11.2. The predicted molar refractivity (Wildman–Crippen MR) is 103 cm³/mol. The van der Waals surface area contributed by atoms with Crippen LogP contribution in [0, 0.1) is 0 Å². The zero-order valence-electron chi connectivity index (χ0n) is 12.9. The van der Waals surface area contributed by atoms with E-state index in [-0.39, 0.29) is 5.91 Å². The number of rotatable bonds is 4. The van der Waals surface area contributed by atoms with E-state index in [0.717, 1.165) is 25.8 Å². The summed E-state index contributed by atoms with van der Waals surface area (Å²) in [6, 6.07) is 17.6. The number of benzene rings is 2. The van der Waals surface area contributed by atoms with Gasteiger partial charge in [-0.1, -0.05) is 53.8 Å². The van der Waals surface area contributed by atoms with Crippen molar-refractivity contribution in [1.29, 1.82) is 0 Å². The molecule has 0 aliphatic rings. The van der Waals surface area contributed by atoms with Gasteiger partial charge in [0, 0.05) is 11.6 Å². The summed E-state index contributed by atoms with van der Waals surface area (Å²) in [5, 5.41) is 12.9. The van der Waals surface area contributed by atoms with Gasteiger partial charge in [-0.05, 0) is 18.2 Å². The largest absolute Gasteiger partial charge is 0.297 e. The Bertz CT molecular complexity index is 1020. The molecular weight excluding hydrogens is 352 g/mol. The summed E-state index contributed by atoms with van der Waals surface area (Å²) >= 11 is 2.88. The lowest BCUT2D eigenvalue weighted by Gasteiger charge is -1.94. The maximum Gasteiger partial charge on any atom is 0.250 e. The minimum absolute atomic E-state index is 0.255. The summed E-state index contributed by atoms with van der Waals surface area (Å²) in [7, 11) is 0. The zero-order chi connectivity index (χ0) is 17.1. The molecule has 0 unspecified atom stereocenters. The van der Waals surface area contributed by atoms with Gasteiger partial charge >= 0.3 is 0 Å². The Kier molecular flexibility index (Phi) is 4.32. The first-order valence-electron chi connectivity index (χ1n) is 7.51. The van der Waals surface area contributed by atoms with Crippen molar-refractivity contribution in [2.45, 2.75) is 0 Å². The number of nitrogens with zero attached hydrogens (tertiary/aromatic N) is 3. The van der Waals surface area contributed by atoms with E-state index in [0.29, 0.717) is 5.13 Å². The molecule has 1 N–H and O–H groups in total. The molecule has 0 atom stereocenters. The number of para-hydroxylation sites is 1. The van der Waals surface area contributed by atoms with Crippen molar-refractivity contribution < 1.29 is 4.79 Å². The van der Waals surface area contributed by atoms with Crippen LogP contribution in [0.4, 0.5) is 5.13 Å². The van der Waals surface area contributed by atoms with E-state index in [2.05, 4.69) is 20.5 Å². The molecule has 122 valence electrons. The van der Waals surface area contributed by atoms with Gasteiger partial charge in [0.1, 0.15) is 10.0 Å².